The first-order valence-electron chi connectivity index (χ1n) is 10.6. The topological polar surface area (TPSA) is 121 Å². The molecule has 1 aliphatic rings. The van der Waals surface area contributed by atoms with Crippen LogP contribution in [0.3, 0.4) is 0 Å². The van der Waals surface area contributed by atoms with Crippen molar-refractivity contribution in [2.45, 2.75) is 52.2 Å². The molecular formula is C22H27N5O5. The number of alkyl carbamates (subject to hydrolysis) is 1. The van der Waals surface area contributed by atoms with Gasteiger partial charge in [-0.05, 0) is 46.5 Å². The maximum Gasteiger partial charge on any atom is 0.407 e. The van der Waals surface area contributed by atoms with E-state index < -0.39 is 11.7 Å². The van der Waals surface area contributed by atoms with Gasteiger partial charge in [0, 0.05) is 6.07 Å². The van der Waals surface area contributed by atoms with Gasteiger partial charge in [-0.15, -0.1) is 0 Å². The second-order valence-corrected chi connectivity index (χ2v) is 8.86. The van der Waals surface area contributed by atoms with Crippen molar-refractivity contribution in [1.29, 1.82) is 0 Å². The van der Waals surface area contributed by atoms with Crippen LogP contribution in [-0.2, 0) is 4.74 Å². The lowest BCUT2D eigenvalue weighted by atomic mass is 10.2. The van der Waals surface area contributed by atoms with Crippen LogP contribution in [0.4, 0.5) is 4.79 Å². The zero-order valence-electron chi connectivity index (χ0n) is 18.6. The van der Waals surface area contributed by atoms with Gasteiger partial charge in [0.2, 0.25) is 11.7 Å². The number of pyridine rings is 1. The van der Waals surface area contributed by atoms with Crippen molar-refractivity contribution >= 4 is 17.2 Å². The maximum atomic E-state index is 11.8. The number of nitrogens with one attached hydrogen (secondary N) is 1. The lowest BCUT2D eigenvalue weighted by molar-refractivity contribution is 0.0493. The van der Waals surface area contributed by atoms with Crippen LogP contribution < -0.4 is 14.8 Å². The first kappa shape index (κ1) is 21.8. The van der Waals surface area contributed by atoms with E-state index in [0.29, 0.717) is 41.1 Å². The Bertz CT molecular complexity index is 1070. The molecule has 1 N–H and O–H groups in total. The highest BCUT2D eigenvalue weighted by Gasteiger charge is 2.22. The van der Waals surface area contributed by atoms with E-state index in [2.05, 4.69) is 25.3 Å². The molecule has 0 bridgehead atoms. The van der Waals surface area contributed by atoms with Gasteiger partial charge in [0.1, 0.15) is 17.7 Å². The fourth-order valence-electron chi connectivity index (χ4n) is 2.75. The molecule has 10 nitrogen and oxygen atoms in total. The summed E-state index contributed by atoms with van der Waals surface area (Å²) in [6.45, 7) is 8.14. The van der Waals surface area contributed by atoms with Crippen molar-refractivity contribution in [3.63, 3.8) is 0 Å². The number of carbonyl (C=O) groups is 1. The first-order chi connectivity index (χ1) is 15.2. The lowest BCUT2D eigenvalue weighted by Crippen LogP contribution is -2.40. The van der Waals surface area contributed by atoms with Crippen molar-refractivity contribution in [1.82, 2.24) is 25.3 Å². The van der Waals surface area contributed by atoms with Gasteiger partial charge in [-0.2, -0.15) is 0 Å². The second kappa shape index (κ2) is 8.97. The molecule has 10 heteroatoms. The third-order valence-corrected chi connectivity index (χ3v) is 4.50. The van der Waals surface area contributed by atoms with E-state index in [1.165, 1.54) is 12.8 Å². The van der Waals surface area contributed by atoms with Gasteiger partial charge in [0.25, 0.3) is 5.89 Å². The molecule has 1 fully saturated rings. The molecule has 3 aromatic rings. The minimum atomic E-state index is -0.561. The first-order valence-corrected chi connectivity index (χ1v) is 10.6. The number of oxazole rings is 1. The van der Waals surface area contributed by atoms with Crippen LogP contribution in [0.25, 0.3) is 22.8 Å². The quantitative estimate of drug-likeness (QED) is 0.557. The highest BCUT2D eigenvalue weighted by molar-refractivity contribution is 5.75. The second-order valence-electron chi connectivity index (χ2n) is 8.86. The molecule has 1 atom stereocenters. The molecule has 0 spiro atoms. The normalized spacial score (nSPS) is 14.8. The Morgan fingerprint density at radius 2 is 1.94 bits per heavy atom. The highest BCUT2D eigenvalue weighted by atomic mass is 16.6. The van der Waals surface area contributed by atoms with Gasteiger partial charge in [-0.25, -0.2) is 24.7 Å². The number of fused-ring (bicyclic) bond motifs is 1. The molecule has 0 saturated heterocycles. The number of rotatable bonds is 8. The van der Waals surface area contributed by atoms with Crippen molar-refractivity contribution in [3.8, 4) is 23.3 Å². The molecule has 0 radical (unpaired) electrons. The molecule has 1 aliphatic carbocycles. The number of hydrogen-bond acceptors (Lipinski definition) is 9. The van der Waals surface area contributed by atoms with Crippen LogP contribution >= 0.6 is 0 Å². The zero-order chi connectivity index (χ0) is 22.7. The molecule has 0 aromatic carbocycles. The summed E-state index contributed by atoms with van der Waals surface area (Å²) in [5.74, 6) is 2.28. The predicted octanol–water partition coefficient (Wildman–Crippen LogP) is 3.76. The minimum absolute atomic E-state index is 0.212. The fraction of sp³-hybridized carbons (Fsp3) is 0.500. The summed E-state index contributed by atoms with van der Waals surface area (Å²) in [7, 11) is 0. The standard InChI is InChI=1S/C22H27N5O5/c1-13(26-21(28)32-22(2,3)4)11-30-18-7-17-16(10-23-18)27-20(31-17)19-24-8-15(9-25-19)29-12-14-5-6-14/h7-10,13-14H,5-6,11-12H2,1-4H3,(H,26,28)/t13-/m0/s1. The van der Waals surface area contributed by atoms with Gasteiger partial charge in [-0.3, -0.25) is 0 Å². The number of nitrogens with zero attached hydrogens (tertiary/aromatic N) is 4. The molecule has 0 unspecified atom stereocenters. The SMILES string of the molecule is C[C@@H](COc1cc2oc(-c3ncc(OCC4CC4)cn3)nc2cn1)NC(=O)OC(C)(C)C. The van der Waals surface area contributed by atoms with Crippen molar-refractivity contribution in [3.05, 3.63) is 24.7 Å². The highest BCUT2D eigenvalue weighted by Crippen LogP contribution is 2.29. The Kier molecular flexibility index (Phi) is 6.11. The van der Waals surface area contributed by atoms with Gasteiger partial charge < -0.3 is 23.9 Å². The summed E-state index contributed by atoms with van der Waals surface area (Å²) in [6.07, 6.45) is 6.73. The van der Waals surface area contributed by atoms with Crippen LogP contribution in [0.15, 0.2) is 29.1 Å². The van der Waals surface area contributed by atoms with E-state index >= 15 is 0 Å². The Hall–Kier alpha value is -3.43. The summed E-state index contributed by atoms with van der Waals surface area (Å²) in [5, 5.41) is 2.72. The molecule has 1 amide bonds. The summed E-state index contributed by atoms with van der Waals surface area (Å²) < 4.78 is 22.3. The monoisotopic (exact) mass is 441 g/mol. The smallest absolute Gasteiger partial charge is 0.407 e. The fourth-order valence-corrected chi connectivity index (χ4v) is 2.75. The van der Waals surface area contributed by atoms with Crippen molar-refractivity contribution < 1.29 is 23.4 Å². The summed E-state index contributed by atoms with van der Waals surface area (Å²) in [4.78, 5) is 29.0. The van der Waals surface area contributed by atoms with E-state index in [9.17, 15) is 4.79 Å². The van der Waals surface area contributed by atoms with Gasteiger partial charge in [-0.1, -0.05) is 0 Å². The molecule has 0 aliphatic heterocycles. The maximum absolute atomic E-state index is 11.8. The largest absolute Gasteiger partial charge is 0.490 e. The third-order valence-electron chi connectivity index (χ3n) is 4.50. The number of aromatic nitrogens is 4. The molecular weight excluding hydrogens is 414 g/mol. The van der Waals surface area contributed by atoms with Gasteiger partial charge >= 0.3 is 6.09 Å². The Morgan fingerprint density at radius 1 is 1.19 bits per heavy atom. The summed E-state index contributed by atoms with van der Waals surface area (Å²) in [6, 6.07) is 1.36. The zero-order valence-corrected chi connectivity index (χ0v) is 18.6. The van der Waals surface area contributed by atoms with Crippen molar-refractivity contribution in [2.24, 2.45) is 5.92 Å². The molecule has 32 heavy (non-hydrogen) atoms. The third kappa shape index (κ3) is 6.05. The van der Waals surface area contributed by atoms with E-state index in [1.807, 2.05) is 6.92 Å². The Balaban J connectivity index is 1.34. The van der Waals surface area contributed by atoms with Crippen LogP contribution in [-0.4, -0.2) is 50.9 Å². The van der Waals surface area contributed by atoms with Crippen LogP contribution in [0.5, 0.6) is 11.6 Å². The van der Waals surface area contributed by atoms with Gasteiger partial charge in [0.05, 0.1) is 31.2 Å². The van der Waals surface area contributed by atoms with E-state index in [-0.39, 0.29) is 18.5 Å². The van der Waals surface area contributed by atoms with Gasteiger partial charge in [0.15, 0.2) is 11.3 Å². The average Bonchev–Trinajstić information content (AvgIpc) is 3.46. The van der Waals surface area contributed by atoms with E-state index in [1.54, 1.807) is 45.4 Å². The van der Waals surface area contributed by atoms with Crippen LogP contribution in [0.2, 0.25) is 0 Å². The molecule has 3 aromatic heterocycles. The minimum Gasteiger partial charge on any atom is -0.490 e. The van der Waals surface area contributed by atoms with Crippen LogP contribution in [0.1, 0.15) is 40.5 Å². The number of hydrogen-bond donors (Lipinski definition) is 1. The van der Waals surface area contributed by atoms with Crippen molar-refractivity contribution in [2.75, 3.05) is 13.2 Å². The van der Waals surface area contributed by atoms with E-state index in [0.717, 1.165) is 0 Å². The summed E-state index contributed by atoms with van der Waals surface area (Å²) in [5.41, 5.74) is 0.495. The average molecular weight is 441 g/mol. The lowest BCUT2D eigenvalue weighted by Gasteiger charge is -2.21. The Labute approximate surface area is 185 Å². The number of carbonyl (C=O) groups excluding carboxylic acids is 1. The van der Waals surface area contributed by atoms with Crippen LogP contribution in [0, 0.1) is 5.92 Å². The molecule has 1 saturated carbocycles. The molecule has 4 rings (SSSR count). The number of ether oxygens (including phenoxy) is 3. The Morgan fingerprint density at radius 3 is 2.62 bits per heavy atom. The number of amides is 1. The summed E-state index contributed by atoms with van der Waals surface area (Å²) >= 11 is 0. The predicted molar refractivity (Wildman–Crippen MR) is 115 cm³/mol. The molecule has 3 heterocycles. The van der Waals surface area contributed by atoms with E-state index in [4.69, 9.17) is 18.6 Å². The molecule has 170 valence electrons.